The second kappa shape index (κ2) is 2.67. The Labute approximate surface area is 70.8 Å². The third-order valence-electron chi connectivity index (χ3n) is 1.76. The number of hydrogen-bond donors (Lipinski definition) is 0. The summed E-state index contributed by atoms with van der Waals surface area (Å²) < 4.78 is 10.2. The molecule has 0 atom stereocenters. The summed E-state index contributed by atoms with van der Waals surface area (Å²) in [7, 11) is 0. The molecule has 0 amide bonds. The maximum absolute atomic E-state index is 10.5. The van der Waals surface area contributed by atoms with E-state index >= 15 is 0 Å². The van der Waals surface area contributed by atoms with Crippen LogP contribution >= 0.6 is 0 Å². The molecule has 1 rings (SSSR count). The first kappa shape index (κ1) is 9.41. The van der Waals surface area contributed by atoms with E-state index in [2.05, 4.69) is 6.92 Å². The van der Waals surface area contributed by atoms with E-state index in [1.165, 1.54) is 0 Å². The van der Waals surface area contributed by atoms with Gasteiger partial charge in [0.15, 0.2) is 5.79 Å². The van der Waals surface area contributed by atoms with Gasteiger partial charge >= 0.3 is 0 Å². The Morgan fingerprint density at radius 1 is 1.42 bits per heavy atom. The van der Waals surface area contributed by atoms with Gasteiger partial charge in [0.05, 0.1) is 0 Å². The number of rotatable bonds is 1. The Hall–Kier alpha value is -0.680. The predicted molar refractivity (Wildman–Crippen MR) is 41.1 cm³/mol. The lowest BCUT2D eigenvalue weighted by molar-refractivity contribution is -0.581. The van der Waals surface area contributed by atoms with Gasteiger partial charge in [-0.1, -0.05) is 0 Å². The van der Waals surface area contributed by atoms with Crippen molar-refractivity contribution in [3.8, 4) is 0 Å². The largest absolute Gasteiger partial charge is 0.343 e. The van der Waals surface area contributed by atoms with Crippen LogP contribution in [0.1, 0.15) is 13.8 Å². The molecule has 1 fully saturated rings. The summed E-state index contributed by atoms with van der Waals surface area (Å²) >= 11 is 0. The molecule has 0 aromatic rings. The molecule has 69 valence electrons. The molecule has 1 aliphatic rings. The molecule has 0 bridgehead atoms. The SMILES string of the molecule is [CH2]C1([N+](=O)[O-])COC(C)(C)OC1. The maximum Gasteiger partial charge on any atom is 0.268 e. The fourth-order valence-electron chi connectivity index (χ4n) is 0.805. The lowest BCUT2D eigenvalue weighted by Gasteiger charge is -2.35. The monoisotopic (exact) mass is 174 g/mol. The van der Waals surface area contributed by atoms with Crippen molar-refractivity contribution in [3.05, 3.63) is 17.0 Å². The zero-order valence-corrected chi connectivity index (χ0v) is 7.20. The highest BCUT2D eigenvalue weighted by Crippen LogP contribution is 2.24. The topological polar surface area (TPSA) is 61.6 Å². The van der Waals surface area contributed by atoms with Crippen molar-refractivity contribution in [1.29, 1.82) is 0 Å². The second-order valence-corrected chi connectivity index (χ2v) is 3.46. The van der Waals surface area contributed by atoms with E-state index in [0.29, 0.717) is 0 Å². The van der Waals surface area contributed by atoms with Gasteiger partial charge in [-0.15, -0.1) is 0 Å². The van der Waals surface area contributed by atoms with E-state index in [0.717, 1.165) is 0 Å². The van der Waals surface area contributed by atoms with Crippen molar-refractivity contribution < 1.29 is 14.4 Å². The van der Waals surface area contributed by atoms with Crippen LogP contribution in [0.15, 0.2) is 0 Å². The van der Waals surface area contributed by atoms with E-state index in [9.17, 15) is 10.1 Å². The van der Waals surface area contributed by atoms with Gasteiger partial charge in [-0.3, -0.25) is 10.1 Å². The predicted octanol–water partition coefficient (Wildman–Crippen LogP) is 0.619. The molecular weight excluding hydrogens is 162 g/mol. The van der Waals surface area contributed by atoms with Gasteiger partial charge in [-0.2, -0.15) is 0 Å². The minimum Gasteiger partial charge on any atom is -0.343 e. The Kier molecular flexibility index (Phi) is 2.09. The Morgan fingerprint density at radius 3 is 2.17 bits per heavy atom. The van der Waals surface area contributed by atoms with Crippen LogP contribution in [-0.2, 0) is 9.47 Å². The van der Waals surface area contributed by atoms with Gasteiger partial charge < -0.3 is 9.47 Å². The summed E-state index contributed by atoms with van der Waals surface area (Å²) in [6.07, 6.45) is 0. The number of nitrogens with zero attached hydrogens (tertiary/aromatic N) is 1. The van der Waals surface area contributed by atoms with Crippen LogP contribution in [0.4, 0.5) is 0 Å². The van der Waals surface area contributed by atoms with Gasteiger partial charge in [0, 0.05) is 11.8 Å². The van der Waals surface area contributed by atoms with Crippen LogP contribution in [-0.4, -0.2) is 29.5 Å². The zero-order chi connectivity index (χ0) is 9.41. The van der Waals surface area contributed by atoms with Crippen molar-refractivity contribution in [3.63, 3.8) is 0 Å². The van der Waals surface area contributed by atoms with Crippen LogP contribution in [0, 0.1) is 17.0 Å². The first-order valence-corrected chi connectivity index (χ1v) is 3.64. The van der Waals surface area contributed by atoms with Crippen LogP contribution < -0.4 is 0 Å². The van der Waals surface area contributed by atoms with Gasteiger partial charge in [-0.25, -0.2) is 0 Å². The van der Waals surface area contributed by atoms with Crippen LogP contribution in [0.5, 0.6) is 0 Å². The first-order valence-electron chi connectivity index (χ1n) is 3.64. The molecule has 12 heavy (non-hydrogen) atoms. The highest BCUT2D eigenvalue weighted by atomic mass is 16.7. The molecule has 0 unspecified atom stereocenters. The van der Waals surface area contributed by atoms with Gasteiger partial charge in [0.25, 0.3) is 5.54 Å². The summed E-state index contributed by atoms with van der Waals surface area (Å²) in [5.41, 5.74) is -1.34. The average molecular weight is 174 g/mol. The molecule has 1 saturated heterocycles. The third-order valence-corrected chi connectivity index (χ3v) is 1.76. The van der Waals surface area contributed by atoms with Crippen LogP contribution in [0.3, 0.4) is 0 Å². The highest BCUT2D eigenvalue weighted by Gasteiger charge is 2.45. The molecule has 1 radical (unpaired) electrons. The van der Waals surface area contributed by atoms with Gasteiger partial charge in [0.1, 0.15) is 13.2 Å². The maximum atomic E-state index is 10.5. The number of nitro groups is 1. The minimum absolute atomic E-state index is 0.00694. The number of hydrogen-bond acceptors (Lipinski definition) is 4. The quantitative estimate of drug-likeness (QED) is 0.432. The van der Waals surface area contributed by atoms with E-state index in [4.69, 9.17) is 9.47 Å². The molecule has 0 aliphatic carbocycles. The lowest BCUT2D eigenvalue weighted by atomic mass is 10.1. The van der Waals surface area contributed by atoms with Crippen molar-refractivity contribution in [2.24, 2.45) is 0 Å². The first-order chi connectivity index (χ1) is 5.36. The third kappa shape index (κ3) is 1.73. The molecule has 1 heterocycles. The Bertz CT molecular complexity index is 192. The standard InChI is InChI=1S/C7H12NO4/c1-6(2)11-4-7(3,5-12-6)8(9)10/h3-5H2,1-2H3. The Balaban J connectivity index is 2.62. The fourth-order valence-corrected chi connectivity index (χ4v) is 0.805. The molecule has 0 aromatic heterocycles. The lowest BCUT2D eigenvalue weighted by Crippen LogP contribution is -2.54. The number of ether oxygens (including phenoxy) is 2. The van der Waals surface area contributed by atoms with Crippen molar-refractivity contribution in [2.75, 3.05) is 13.2 Å². The molecular formula is C7H12NO4. The molecule has 5 nitrogen and oxygen atoms in total. The molecule has 0 aromatic carbocycles. The van der Waals surface area contributed by atoms with Crippen LogP contribution in [0.2, 0.25) is 0 Å². The summed E-state index contributed by atoms with van der Waals surface area (Å²) in [5, 5.41) is 10.5. The van der Waals surface area contributed by atoms with E-state index in [-0.39, 0.29) is 13.2 Å². The zero-order valence-electron chi connectivity index (χ0n) is 7.20. The van der Waals surface area contributed by atoms with E-state index < -0.39 is 16.2 Å². The van der Waals surface area contributed by atoms with Gasteiger partial charge in [-0.05, 0) is 13.8 Å². The van der Waals surface area contributed by atoms with Crippen molar-refractivity contribution in [2.45, 2.75) is 25.2 Å². The summed E-state index contributed by atoms with van der Waals surface area (Å²) in [6, 6.07) is 0. The molecule has 1 aliphatic heterocycles. The van der Waals surface area contributed by atoms with Crippen molar-refractivity contribution >= 4 is 0 Å². The summed E-state index contributed by atoms with van der Waals surface area (Å²) in [6.45, 7) is 6.86. The minimum atomic E-state index is -1.34. The van der Waals surface area contributed by atoms with Crippen molar-refractivity contribution in [1.82, 2.24) is 0 Å². The summed E-state index contributed by atoms with van der Waals surface area (Å²) in [5.74, 6) is -0.725. The summed E-state index contributed by atoms with van der Waals surface area (Å²) in [4.78, 5) is 10.0. The highest BCUT2D eigenvalue weighted by molar-refractivity contribution is 4.86. The van der Waals surface area contributed by atoms with Gasteiger partial charge in [0.2, 0.25) is 0 Å². The normalized spacial score (nSPS) is 26.6. The fraction of sp³-hybridized carbons (Fsp3) is 0.857. The Morgan fingerprint density at radius 2 is 1.83 bits per heavy atom. The average Bonchev–Trinajstić information content (AvgIpc) is 1.96. The molecule has 0 saturated carbocycles. The van der Waals surface area contributed by atoms with Crippen LogP contribution in [0.25, 0.3) is 0 Å². The second-order valence-electron chi connectivity index (χ2n) is 3.46. The molecule has 0 N–H and O–H groups in total. The molecule has 5 heteroatoms. The van der Waals surface area contributed by atoms with E-state index in [1.807, 2.05) is 0 Å². The smallest absolute Gasteiger partial charge is 0.268 e. The molecule has 0 spiro atoms. The van der Waals surface area contributed by atoms with E-state index in [1.54, 1.807) is 13.8 Å².